The molecule has 150 valence electrons. The summed E-state index contributed by atoms with van der Waals surface area (Å²) in [5.74, 6) is 0. The second-order valence-electron chi connectivity index (χ2n) is 8.70. The molecule has 0 N–H and O–H groups in total. The van der Waals surface area contributed by atoms with Crippen molar-refractivity contribution in [3.8, 4) is 0 Å². The van der Waals surface area contributed by atoms with Crippen LogP contribution in [0.4, 0.5) is 4.79 Å². The zero-order valence-electron chi connectivity index (χ0n) is 17.8. The van der Waals surface area contributed by atoms with E-state index in [9.17, 15) is 4.79 Å². The van der Waals surface area contributed by atoms with Gasteiger partial charge >= 0.3 is 23.3 Å². The van der Waals surface area contributed by atoms with Gasteiger partial charge in [0, 0.05) is 0 Å². The molecule has 6 nitrogen and oxygen atoms in total. The highest BCUT2D eigenvalue weighted by atomic mass is 28.5. The molecule has 0 aromatic heterocycles. The lowest BCUT2D eigenvalue weighted by Gasteiger charge is -2.41. The molecule has 1 atom stereocenters. The summed E-state index contributed by atoms with van der Waals surface area (Å²) in [5, 5.41) is 0. The SMILES string of the molecule is CCOC(=O)OCCC[Si](C)(O[Si](C)(C)C)O[Si](C)(C)O[Si](C)(C)C. The minimum atomic E-state index is -2.42. The van der Waals surface area contributed by atoms with Gasteiger partial charge in [-0.05, 0) is 78.3 Å². The lowest BCUT2D eigenvalue weighted by Crippen LogP contribution is -2.56. The third kappa shape index (κ3) is 13.8. The maximum Gasteiger partial charge on any atom is 0.508 e. The topological polar surface area (TPSA) is 63.2 Å². The van der Waals surface area contributed by atoms with E-state index in [-0.39, 0.29) is 0 Å². The van der Waals surface area contributed by atoms with Crippen LogP contribution in [0.15, 0.2) is 0 Å². The molecular formula is C15H38O6Si4. The summed E-state index contributed by atoms with van der Waals surface area (Å²) >= 11 is 0. The molecule has 0 aromatic rings. The first-order valence-electron chi connectivity index (χ1n) is 8.98. The van der Waals surface area contributed by atoms with Crippen molar-refractivity contribution in [2.75, 3.05) is 13.2 Å². The molecule has 0 saturated carbocycles. The van der Waals surface area contributed by atoms with Crippen molar-refractivity contribution in [1.82, 2.24) is 0 Å². The molecule has 0 heterocycles. The van der Waals surface area contributed by atoms with Crippen molar-refractivity contribution in [3.63, 3.8) is 0 Å². The Morgan fingerprint density at radius 2 is 1.28 bits per heavy atom. The van der Waals surface area contributed by atoms with E-state index in [0.717, 1.165) is 6.04 Å². The average Bonchev–Trinajstić information content (AvgIpc) is 2.28. The van der Waals surface area contributed by atoms with E-state index in [0.29, 0.717) is 19.6 Å². The van der Waals surface area contributed by atoms with Gasteiger partial charge in [0.2, 0.25) is 0 Å². The first-order valence-corrected chi connectivity index (χ1v) is 21.1. The summed E-state index contributed by atoms with van der Waals surface area (Å²) in [7, 11) is -8.15. The van der Waals surface area contributed by atoms with Crippen LogP contribution >= 0.6 is 0 Å². The second kappa shape index (κ2) is 9.81. The smallest absolute Gasteiger partial charge is 0.437 e. The third-order valence-electron chi connectivity index (χ3n) is 2.79. The lowest BCUT2D eigenvalue weighted by molar-refractivity contribution is 0.0587. The fourth-order valence-electron chi connectivity index (χ4n) is 2.76. The van der Waals surface area contributed by atoms with E-state index < -0.39 is 39.9 Å². The fourth-order valence-corrected chi connectivity index (χ4v) is 20.7. The highest BCUT2D eigenvalue weighted by Gasteiger charge is 2.44. The van der Waals surface area contributed by atoms with Crippen LogP contribution in [0.1, 0.15) is 13.3 Å². The van der Waals surface area contributed by atoms with Crippen LogP contribution in [0.5, 0.6) is 0 Å². The largest absolute Gasteiger partial charge is 0.508 e. The average molecular weight is 427 g/mol. The Bertz CT molecular complexity index is 419. The minimum Gasteiger partial charge on any atom is -0.437 e. The van der Waals surface area contributed by atoms with Gasteiger partial charge in [-0.15, -0.1) is 0 Å². The zero-order valence-corrected chi connectivity index (χ0v) is 21.8. The molecule has 0 aliphatic rings. The molecule has 0 aliphatic heterocycles. The first kappa shape index (κ1) is 25.0. The standard InChI is InChI=1S/C15H38O6Si4/c1-11-17-15(16)18-13-12-14-25(10,20-23(5,6)7)21-24(8,9)19-22(2,3)4/h11-14H2,1-10H3. The van der Waals surface area contributed by atoms with Gasteiger partial charge in [-0.1, -0.05) is 0 Å². The number of rotatable bonds is 11. The fraction of sp³-hybridized carbons (Fsp3) is 0.933. The molecule has 25 heavy (non-hydrogen) atoms. The molecule has 0 aliphatic carbocycles. The van der Waals surface area contributed by atoms with Gasteiger partial charge in [0.15, 0.2) is 16.6 Å². The Labute approximate surface area is 158 Å². The zero-order chi connectivity index (χ0) is 19.9. The summed E-state index contributed by atoms with van der Waals surface area (Å²) in [6.45, 7) is 21.7. The van der Waals surface area contributed by atoms with Crippen LogP contribution in [0.25, 0.3) is 0 Å². The molecule has 0 fully saturated rings. The van der Waals surface area contributed by atoms with Gasteiger partial charge in [-0.3, -0.25) is 0 Å². The number of hydrogen-bond donors (Lipinski definition) is 0. The molecule has 10 heteroatoms. The normalized spacial score (nSPS) is 15.6. The van der Waals surface area contributed by atoms with E-state index in [1.165, 1.54) is 0 Å². The Balaban J connectivity index is 4.86. The molecule has 0 rings (SSSR count). The van der Waals surface area contributed by atoms with Crippen molar-refractivity contribution in [1.29, 1.82) is 0 Å². The molecular weight excluding hydrogens is 389 g/mol. The monoisotopic (exact) mass is 426 g/mol. The molecule has 0 spiro atoms. The predicted octanol–water partition coefficient (Wildman–Crippen LogP) is 5.04. The molecule has 0 saturated heterocycles. The maximum absolute atomic E-state index is 11.3. The summed E-state index contributed by atoms with van der Waals surface area (Å²) in [6.07, 6.45) is 0.0818. The molecule has 1 unspecified atom stereocenters. The van der Waals surface area contributed by atoms with Gasteiger partial charge in [0.1, 0.15) is 0 Å². The van der Waals surface area contributed by atoms with E-state index >= 15 is 0 Å². The minimum absolute atomic E-state index is 0.316. The maximum atomic E-state index is 11.3. The quantitative estimate of drug-likeness (QED) is 0.262. The van der Waals surface area contributed by atoms with Crippen molar-refractivity contribution in [3.05, 3.63) is 0 Å². The third-order valence-corrected chi connectivity index (χ3v) is 16.3. The van der Waals surface area contributed by atoms with Gasteiger partial charge < -0.3 is 21.8 Å². The summed E-state index contributed by atoms with van der Waals surface area (Å²) < 4.78 is 29.2. The summed E-state index contributed by atoms with van der Waals surface area (Å²) in [5.41, 5.74) is 0. The Kier molecular flexibility index (Phi) is 9.82. The van der Waals surface area contributed by atoms with Crippen LogP contribution in [0.3, 0.4) is 0 Å². The predicted molar refractivity (Wildman–Crippen MR) is 111 cm³/mol. The Hall–Kier alpha value is 0.0175. The second-order valence-corrected chi connectivity index (χ2v) is 25.2. The van der Waals surface area contributed by atoms with Gasteiger partial charge in [-0.2, -0.15) is 0 Å². The van der Waals surface area contributed by atoms with Crippen molar-refractivity contribution >= 4 is 39.9 Å². The number of carbonyl (C=O) groups is 1. The van der Waals surface area contributed by atoms with Gasteiger partial charge in [0.05, 0.1) is 13.2 Å². The summed E-state index contributed by atoms with van der Waals surface area (Å²) in [4.78, 5) is 11.3. The van der Waals surface area contributed by atoms with Gasteiger partial charge in [-0.25, -0.2) is 4.79 Å². The van der Waals surface area contributed by atoms with Crippen molar-refractivity contribution in [2.45, 2.75) is 78.3 Å². The van der Waals surface area contributed by atoms with E-state index in [4.69, 9.17) is 21.8 Å². The highest BCUT2D eigenvalue weighted by molar-refractivity contribution is 6.89. The van der Waals surface area contributed by atoms with Crippen molar-refractivity contribution < 1.29 is 26.6 Å². The molecule has 0 radical (unpaired) electrons. The number of hydrogen-bond acceptors (Lipinski definition) is 6. The van der Waals surface area contributed by atoms with E-state index in [2.05, 4.69) is 58.9 Å². The molecule has 0 bridgehead atoms. The first-order chi connectivity index (χ1) is 11.1. The molecule has 0 aromatic carbocycles. The van der Waals surface area contributed by atoms with Crippen LogP contribution < -0.4 is 0 Å². The number of ether oxygens (including phenoxy) is 2. The highest BCUT2D eigenvalue weighted by Crippen LogP contribution is 2.27. The van der Waals surface area contributed by atoms with Crippen LogP contribution in [0, 0.1) is 0 Å². The Morgan fingerprint density at radius 3 is 1.72 bits per heavy atom. The van der Waals surface area contributed by atoms with Crippen LogP contribution in [0.2, 0.25) is 65.0 Å². The summed E-state index contributed by atoms with van der Waals surface area (Å²) in [6, 6.07) is 0.766. The molecule has 0 amide bonds. The van der Waals surface area contributed by atoms with Gasteiger partial charge in [0.25, 0.3) is 0 Å². The van der Waals surface area contributed by atoms with Crippen molar-refractivity contribution in [2.24, 2.45) is 0 Å². The van der Waals surface area contributed by atoms with E-state index in [1.807, 2.05) is 0 Å². The van der Waals surface area contributed by atoms with E-state index in [1.54, 1.807) is 6.92 Å². The lowest BCUT2D eigenvalue weighted by atomic mass is 10.5. The van der Waals surface area contributed by atoms with Crippen LogP contribution in [-0.2, 0) is 21.8 Å². The number of carbonyl (C=O) groups excluding carboxylic acids is 1. The Morgan fingerprint density at radius 1 is 0.760 bits per heavy atom. The van der Waals surface area contributed by atoms with Crippen LogP contribution in [-0.4, -0.2) is 53.1 Å².